The molecule has 0 spiro atoms. The molecule has 138 valence electrons. The minimum Gasteiger partial charge on any atom is -0.507 e. The molecule has 26 heavy (non-hydrogen) atoms. The van der Waals surface area contributed by atoms with E-state index in [2.05, 4.69) is 5.10 Å². The lowest BCUT2D eigenvalue weighted by molar-refractivity contribution is -0.154. The fourth-order valence-corrected chi connectivity index (χ4v) is 4.02. The second-order valence-corrected chi connectivity index (χ2v) is 7.71. The number of ether oxygens (including phenoxy) is 1. The zero-order chi connectivity index (χ0) is 18.6. The Kier molecular flexibility index (Phi) is 3.75. The van der Waals surface area contributed by atoms with E-state index in [-0.39, 0.29) is 11.9 Å². The van der Waals surface area contributed by atoms with E-state index >= 15 is 0 Å². The molecule has 1 N–H and O–H groups in total. The summed E-state index contributed by atoms with van der Waals surface area (Å²) < 4.78 is 8.19. The molecule has 0 bridgehead atoms. The molecular formula is C20H25N3O3. The topological polar surface area (TPSA) is 67.6 Å². The Morgan fingerprint density at radius 3 is 2.65 bits per heavy atom. The SMILES string of the molecule is Cc1c(C)c2c(c(C)c1O)CC[C@](C)(C(=O)N1CC(n3cccn3)C1)O2. The third-order valence-corrected chi connectivity index (χ3v) is 6.02. The molecule has 3 heterocycles. The third kappa shape index (κ3) is 2.39. The molecule has 6 nitrogen and oxygen atoms in total. The van der Waals surface area contributed by atoms with E-state index in [9.17, 15) is 9.90 Å². The number of fused-ring (bicyclic) bond motifs is 1. The molecule has 0 unspecified atom stereocenters. The average Bonchev–Trinajstić information content (AvgIpc) is 3.10. The van der Waals surface area contributed by atoms with Gasteiger partial charge in [-0.25, -0.2) is 0 Å². The standard InChI is InChI=1S/C20H25N3O3/c1-12-13(2)18-16(14(3)17(12)24)6-7-20(4,26-18)19(25)22-10-15(11-22)23-9-5-8-21-23/h5,8-9,15,24H,6-7,10-11H2,1-4H3/t20-/m1/s1. The van der Waals surface area contributed by atoms with Crippen LogP contribution in [-0.4, -0.2) is 44.4 Å². The molecular weight excluding hydrogens is 330 g/mol. The molecule has 4 rings (SSSR count). The molecule has 2 aromatic rings. The highest BCUT2D eigenvalue weighted by Crippen LogP contribution is 2.44. The number of amides is 1. The number of carbonyl (C=O) groups excluding carboxylic acids is 1. The molecule has 1 saturated heterocycles. The van der Waals surface area contributed by atoms with Gasteiger partial charge < -0.3 is 14.7 Å². The molecule has 6 heteroatoms. The van der Waals surface area contributed by atoms with Gasteiger partial charge in [0.1, 0.15) is 11.5 Å². The lowest BCUT2D eigenvalue weighted by atomic mass is 9.86. The fraction of sp³-hybridized carbons (Fsp3) is 0.500. The number of carbonyl (C=O) groups is 1. The third-order valence-electron chi connectivity index (χ3n) is 6.02. The van der Waals surface area contributed by atoms with Crippen molar-refractivity contribution in [3.8, 4) is 11.5 Å². The van der Waals surface area contributed by atoms with Gasteiger partial charge in [-0.1, -0.05) is 0 Å². The summed E-state index contributed by atoms with van der Waals surface area (Å²) in [7, 11) is 0. The molecule has 1 atom stereocenters. The van der Waals surface area contributed by atoms with Crippen LogP contribution in [-0.2, 0) is 11.2 Å². The van der Waals surface area contributed by atoms with Crippen molar-refractivity contribution >= 4 is 5.91 Å². The number of nitrogens with zero attached hydrogens (tertiary/aromatic N) is 3. The van der Waals surface area contributed by atoms with Crippen molar-refractivity contribution in [2.24, 2.45) is 0 Å². The van der Waals surface area contributed by atoms with E-state index in [0.29, 0.717) is 25.3 Å². The number of benzene rings is 1. The summed E-state index contributed by atoms with van der Waals surface area (Å²) in [6.45, 7) is 8.97. The van der Waals surface area contributed by atoms with Crippen LogP contribution in [0.4, 0.5) is 0 Å². The van der Waals surface area contributed by atoms with Gasteiger partial charge in [-0.15, -0.1) is 0 Å². The van der Waals surface area contributed by atoms with Gasteiger partial charge in [-0.05, 0) is 56.9 Å². The van der Waals surface area contributed by atoms with Gasteiger partial charge in [0.05, 0.1) is 6.04 Å². The van der Waals surface area contributed by atoms with E-state index < -0.39 is 5.60 Å². The maximum absolute atomic E-state index is 13.1. The fourth-order valence-electron chi connectivity index (χ4n) is 4.02. The predicted octanol–water partition coefficient (Wildman–Crippen LogP) is 2.68. The molecule has 1 aromatic carbocycles. The zero-order valence-electron chi connectivity index (χ0n) is 15.7. The number of likely N-dealkylation sites (tertiary alicyclic amines) is 1. The molecule has 0 saturated carbocycles. The molecule has 0 aliphatic carbocycles. The maximum Gasteiger partial charge on any atom is 0.266 e. The van der Waals surface area contributed by atoms with Gasteiger partial charge in [0.15, 0.2) is 5.60 Å². The number of rotatable bonds is 2. The van der Waals surface area contributed by atoms with Crippen LogP contribution in [0.25, 0.3) is 0 Å². The lowest BCUT2D eigenvalue weighted by Crippen LogP contribution is -2.60. The second-order valence-electron chi connectivity index (χ2n) is 7.71. The maximum atomic E-state index is 13.1. The van der Waals surface area contributed by atoms with Crippen molar-refractivity contribution in [3.05, 3.63) is 40.7 Å². The van der Waals surface area contributed by atoms with Crippen molar-refractivity contribution in [2.45, 2.75) is 52.2 Å². The Bertz CT molecular complexity index is 869. The molecule has 1 fully saturated rings. The molecule has 2 aliphatic heterocycles. The predicted molar refractivity (Wildman–Crippen MR) is 97.5 cm³/mol. The first-order valence-electron chi connectivity index (χ1n) is 9.11. The van der Waals surface area contributed by atoms with Crippen molar-refractivity contribution in [3.63, 3.8) is 0 Å². The Labute approximate surface area is 153 Å². The van der Waals surface area contributed by atoms with Crippen LogP contribution in [0.15, 0.2) is 18.5 Å². The zero-order valence-corrected chi connectivity index (χ0v) is 15.7. The highest BCUT2D eigenvalue weighted by molar-refractivity contribution is 5.86. The number of hydrogen-bond acceptors (Lipinski definition) is 4. The van der Waals surface area contributed by atoms with E-state index in [1.165, 1.54) is 0 Å². The molecule has 2 aliphatic rings. The van der Waals surface area contributed by atoms with Crippen molar-refractivity contribution in [1.82, 2.24) is 14.7 Å². The summed E-state index contributed by atoms with van der Waals surface area (Å²) in [5.74, 6) is 1.14. The van der Waals surface area contributed by atoms with E-state index in [4.69, 9.17) is 4.74 Å². The van der Waals surface area contributed by atoms with Crippen LogP contribution in [0.5, 0.6) is 11.5 Å². The summed E-state index contributed by atoms with van der Waals surface area (Å²) in [5.41, 5.74) is 2.76. The first-order valence-corrected chi connectivity index (χ1v) is 9.11. The number of phenols is 1. The second kappa shape index (κ2) is 5.76. The molecule has 0 radical (unpaired) electrons. The number of aromatic hydroxyl groups is 1. The van der Waals surface area contributed by atoms with Crippen molar-refractivity contribution < 1.29 is 14.6 Å². The van der Waals surface area contributed by atoms with Crippen molar-refractivity contribution in [2.75, 3.05) is 13.1 Å². The largest absolute Gasteiger partial charge is 0.507 e. The number of phenolic OH excluding ortho intramolecular Hbond substituents is 1. The number of aromatic nitrogens is 2. The summed E-state index contributed by atoms with van der Waals surface area (Å²) in [4.78, 5) is 15.0. The minimum absolute atomic E-state index is 0.0364. The summed E-state index contributed by atoms with van der Waals surface area (Å²) >= 11 is 0. The number of hydrogen-bond donors (Lipinski definition) is 1. The van der Waals surface area contributed by atoms with E-state index in [1.807, 2.05) is 49.5 Å². The Hall–Kier alpha value is -2.50. The van der Waals surface area contributed by atoms with Gasteiger partial charge in [0.25, 0.3) is 5.91 Å². The van der Waals surface area contributed by atoms with E-state index in [1.54, 1.807) is 6.20 Å². The van der Waals surface area contributed by atoms with E-state index in [0.717, 1.165) is 34.4 Å². The highest BCUT2D eigenvalue weighted by atomic mass is 16.5. The average molecular weight is 355 g/mol. The van der Waals surface area contributed by atoms with Crippen LogP contribution in [0.1, 0.15) is 41.6 Å². The van der Waals surface area contributed by atoms with Gasteiger partial charge in [-0.3, -0.25) is 9.48 Å². The smallest absolute Gasteiger partial charge is 0.266 e. The quantitative estimate of drug-likeness (QED) is 0.899. The van der Waals surface area contributed by atoms with Crippen LogP contribution in [0.2, 0.25) is 0 Å². The lowest BCUT2D eigenvalue weighted by Gasteiger charge is -2.45. The Morgan fingerprint density at radius 2 is 2.00 bits per heavy atom. The first-order chi connectivity index (χ1) is 12.3. The normalized spacial score (nSPS) is 22.5. The highest BCUT2D eigenvalue weighted by Gasteiger charge is 2.46. The Morgan fingerprint density at radius 1 is 1.27 bits per heavy atom. The summed E-state index contributed by atoms with van der Waals surface area (Å²) in [5, 5.41) is 14.6. The van der Waals surface area contributed by atoms with Crippen molar-refractivity contribution in [1.29, 1.82) is 0 Å². The molecule has 1 amide bonds. The van der Waals surface area contributed by atoms with Crippen LogP contribution in [0, 0.1) is 20.8 Å². The summed E-state index contributed by atoms with van der Waals surface area (Å²) in [6, 6.07) is 2.15. The van der Waals surface area contributed by atoms with Gasteiger partial charge in [0.2, 0.25) is 0 Å². The minimum atomic E-state index is -0.858. The molecule has 1 aromatic heterocycles. The van der Waals surface area contributed by atoms with Gasteiger partial charge in [-0.2, -0.15) is 5.10 Å². The first kappa shape index (κ1) is 16.9. The monoisotopic (exact) mass is 355 g/mol. The van der Waals surface area contributed by atoms with Crippen LogP contribution < -0.4 is 4.74 Å². The van der Waals surface area contributed by atoms with Crippen LogP contribution >= 0.6 is 0 Å². The summed E-state index contributed by atoms with van der Waals surface area (Å²) in [6.07, 6.45) is 5.04. The van der Waals surface area contributed by atoms with Gasteiger partial charge in [0, 0.05) is 37.5 Å². The van der Waals surface area contributed by atoms with Gasteiger partial charge >= 0.3 is 0 Å². The Balaban J connectivity index is 1.55. The van der Waals surface area contributed by atoms with Crippen LogP contribution in [0.3, 0.4) is 0 Å².